The van der Waals surface area contributed by atoms with E-state index in [2.05, 4.69) is 17.9 Å². The van der Waals surface area contributed by atoms with Crippen molar-refractivity contribution in [1.82, 2.24) is 9.88 Å². The number of nitrogens with zero attached hydrogens (tertiary/aromatic N) is 2. The Hall–Kier alpha value is -1.46. The molecule has 0 saturated heterocycles. The second-order valence-corrected chi connectivity index (χ2v) is 6.37. The van der Waals surface area contributed by atoms with E-state index in [0.29, 0.717) is 12.6 Å². The fraction of sp³-hybridized carbons (Fsp3) is 0.467. The van der Waals surface area contributed by atoms with Crippen LogP contribution in [0.15, 0.2) is 24.3 Å². The monoisotopic (exact) mass is 290 g/mol. The molecule has 0 aliphatic heterocycles. The average Bonchev–Trinajstić information content (AvgIpc) is 3.16. The Morgan fingerprint density at radius 2 is 2.25 bits per heavy atom. The number of hydrogen-bond donors (Lipinski definition) is 1. The van der Waals surface area contributed by atoms with E-state index in [1.54, 1.807) is 11.3 Å². The third-order valence-corrected chi connectivity index (χ3v) is 4.97. The zero-order chi connectivity index (χ0) is 14.1. The summed E-state index contributed by atoms with van der Waals surface area (Å²) in [6, 6.07) is 8.87. The largest absolute Gasteiger partial charge is 0.481 e. The molecule has 4 nitrogen and oxygen atoms in total. The minimum absolute atomic E-state index is 0.194. The van der Waals surface area contributed by atoms with Crippen LogP contribution in [0.2, 0.25) is 0 Å². The molecule has 2 aromatic rings. The fourth-order valence-corrected chi connectivity index (χ4v) is 3.57. The minimum Gasteiger partial charge on any atom is -0.481 e. The van der Waals surface area contributed by atoms with Crippen LogP contribution in [0.25, 0.3) is 10.2 Å². The number of aliphatic carboxylic acids is 1. The average molecular weight is 290 g/mol. The highest BCUT2D eigenvalue weighted by Gasteiger charge is 2.33. The molecule has 106 valence electrons. The van der Waals surface area contributed by atoms with E-state index >= 15 is 0 Å². The number of rotatable bonds is 6. The lowest BCUT2D eigenvalue weighted by atomic mass is 10.2. The third kappa shape index (κ3) is 2.83. The highest BCUT2D eigenvalue weighted by Crippen LogP contribution is 2.36. The number of carbonyl (C=O) groups is 1. The van der Waals surface area contributed by atoms with Gasteiger partial charge in [0.2, 0.25) is 0 Å². The molecule has 1 saturated carbocycles. The van der Waals surface area contributed by atoms with Gasteiger partial charge < -0.3 is 5.11 Å². The van der Waals surface area contributed by atoms with Crippen molar-refractivity contribution in [2.75, 3.05) is 6.54 Å². The summed E-state index contributed by atoms with van der Waals surface area (Å²) in [6.45, 7) is 2.75. The molecule has 0 radical (unpaired) electrons. The van der Waals surface area contributed by atoms with Crippen molar-refractivity contribution in [3.05, 3.63) is 29.3 Å². The molecule has 0 amide bonds. The molecule has 1 aromatic carbocycles. The molecule has 1 fully saturated rings. The van der Waals surface area contributed by atoms with Crippen LogP contribution >= 0.6 is 11.3 Å². The second kappa shape index (κ2) is 5.50. The Morgan fingerprint density at radius 1 is 1.50 bits per heavy atom. The summed E-state index contributed by atoms with van der Waals surface area (Å²) in [5.74, 6) is -0.729. The maximum Gasteiger partial charge on any atom is 0.304 e. The molecule has 0 spiro atoms. The lowest BCUT2D eigenvalue weighted by Crippen LogP contribution is -2.31. The van der Waals surface area contributed by atoms with Gasteiger partial charge >= 0.3 is 5.97 Å². The quantitative estimate of drug-likeness (QED) is 0.887. The maximum absolute atomic E-state index is 10.8. The van der Waals surface area contributed by atoms with Crippen molar-refractivity contribution in [1.29, 1.82) is 0 Å². The van der Waals surface area contributed by atoms with Crippen LogP contribution in [0.5, 0.6) is 0 Å². The fourth-order valence-electron chi connectivity index (χ4n) is 2.53. The van der Waals surface area contributed by atoms with Gasteiger partial charge in [0, 0.05) is 12.6 Å². The summed E-state index contributed by atoms with van der Waals surface area (Å²) in [6.07, 6.45) is 2.55. The number of carboxylic acid groups (broad SMARTS) is 1. The number of aromatic nitrogens is 1. The Labute approximate surface area is 122 Å². The van der Waals surface area contributed by atoms with Crippen molar-refractivity contribution in [3.63, 3.8) is 0 Å². The molecule has 20 heavy (non-hydrogen) atoms. The molecule has 1 aliphatic rings. The van der Waals surface area contributed by atoms with Gasteiger partial charge in [0.05, 0.1) is 22.7 Å². The third-order valence-electron chi connectivity index (χ3n) is 3.77. The van der Waals surface area contributed by atoms with Crippen LogP contribution in [0.1, 0.15) is 37.2 Å². The Morgan fingerprint density at radius 3 is 2.90 bits per heavy atom. The van der Waals surface area contributed by atoms with Crippen LogP contribution in [0.4, 0.5) is 0 Å². The Balaban J connectivity index is 1.80. The first kappa shape index (κ1) is 13.5. The van der Waals surface area contributed by atoms with Gasteiger partial charge in [0.1, 0.15) is 5.01 Å². The predicted octanol–water partition coefficient (Wildman–Crippen LogP) is 3.30. The normalized spacial score (nSPS) is 16.7. The topological polar surface area (TPSA) is 53.4 Å². The molecule has 3 rings (SSSR count). The summed E-state index contributed by atoms with van der Waals surface area (Å²) in [5, 5.41) is 9.98. The molecule has 1 aromatic heterocycles. The van der Waals surface area contributed by atoms with Gasteiger partial charge in [0.25, 0.3) is 0 Å². The Kier molecular flexibility index (Phi) is 3.72. The summed E-state index contributed by atoms with van der Waals surface area (Å²) < 4.78 is 1.20. The molecule has 5 heteroatoms. The lowest BCUT2D eigenvalue weighted by Gasteiger charge is -2.27. The number of para-hydroxylation sites is 1. The van der Waals surface area contributed by atoms with E-state index in [9.17, 15) is 4.79 Å². The van der Waals surface area contributed by atoms with Crippen molar-refractivity contribution in [2.45, 2.75) is 38.3 Å². The van der Waals surface area contributed by atoms with Crippen LogP contribution in [-0.2, 0) is 4.79 Å². The zero-order valence-electron chi connectivity index (χ0n) is 11.5. The molecule has 1 N–H and O–H groups in total. The molecule has 1 atom stereocenters. The number of carboxylic acids is 1. The summed E-state index contributed by atoms with van der Waals surface area (Å²) in [7, 11) is 0. The van der Waals surface area contributed by atoms with E-state index in [4.69, 9.17) is 10.1 Å². The first-order valence-electron chi connectivity index (χ1n) is 6.98. The van der Waals surface area contributed by atoms with Crippen molar-refractivity contribution < 1.29 is 9.90 Å². The second-order valence-electron chi connectivity index (χ2n) is 5.31. The van der Waals surface area contributed by atoms with E-state index in [-0.39, 0.29) is 12.5 Å². The van der Waals surface area contributed by atoms with E-state index in [1.807, 2.05) is 18.2 Å². The van der Waals surface area contributed by atoms with Gasteiger partial charge in [-0.05, 0) is 31.9 Å². The van der Waals surface area contributed by atoms with Gasteiger partial charge in [-0.2, -0.15) is 0 Å². The predicted molar refractivity (Wildman–Crippen MR) is 80.0 cm³/mol. The van der Waals surface area contributed by atoms with Crippen LogP contribution in [0, 0.1) is 0 Å². The first-order chi connectivity index (χ1) is 9.65. The van der Waals surface area contributed by atoms with Gasteiger partial charge in [-0.25, -0.2) is 4.98 Å². The van der Waals surface area contributed by atoms with Gasteiger partial charge in [0.15, 0.2) is 0 Å². The lowest BCUT2D eigenvalue weighted by molar-refractivity contribution is -0.137. The SMILES string of the molecule is CC(c1nc2ccccc2s1)N(CCC(=O)O)C1CC1. The van der Waals surface area contributed by atoms with E-state index in [0.717, 1.165) is 10.5 Å². The molecule has 1 aliphatic carbocycles. The molecule has 0 bridgehead atoms. The molecular weight excluding hydrogens is 272 g/mol. The van der Waals surface area contributed by atoms with Gasteiger partial charge in [-0.3, -0.25) is 9.69 Å². The first-order valence-corrected chi connectivity index (χ1v) is 7.80. The number of thiazole rings is 1. The smallest absolute Gasteiger partial charge is 0.304 e. The molecule has 1 heterocycles. The van der Waals surface area contributed by atoms with E-state index < -0.39 is 5.97 Å². The highest BCUT2D eigenvalue weighted by molar-refractivity contribution is 7.18. The standard InChI is InChI=1S/C15H18N2O2S/c1-10(17(11-6-7-11)9-8-14(18)19)15-16-12-4-2-3-5-13(12)20-15/h2-5,10-11H,6-9H2,1H3,(H,18,19). The number of benzene rings is 1. The van der Waals surface area contributed by atoms with Crippen molar-refractivity contribution in [2.24, 2.45) is 0 Å². The summed E-state index contributed by atoms with van der Waals surface area (Å²) >= 11 is 1.71. The van der Waals surface area contributed by atoms with Crippen molar-refractivity contribution >= 4 is 27.5 Å². The summed E-state index contributed by atoms with van der Waals surface area (Å²) in [5.41, 5.74) is 1.04. The Bertz CT molecular complexity index is 588. The van der Waals surface area contributed by atoms with Crippen LogP contribution in [-0.4, -0.2) is 33.5 Å². The van der Waals surface area contributed by atoms with Crippen LogP contribution < -0.4 is 0 Å². The zero-order valence-corrected chi connectivity index (χ0v) is 12.3. The number of hydrogen-bond acceptors (Lipinski definition) is 4. The van der Waals surface area contributed by atoms with Gasteiger partial charge in [-0.15, -0.1) is 11.3 Å². The van der Waals surface area contributed by atoms with Gasteiger partial charge in [-0.1, -0.05) is 12.1 Å². The highest BCUT2D eigenvalue weighted by atomic mass is 32.1. The maximum atomic E-state index is 10.8. The van der Waals surface area contributed by atoms with Crippen molar-refractivity contribution in [3.8, 4) is 0 Å². The van der Waals surface area contributed by atoms with E-state index in [1.165, 1.54) is 17.5 Å². The number of fused-ring (bicyclic) bond motifs is 1. The molecular formula is C15H18N2O2S. The van der Waals surface area contributed by atoms with Crippen LogP contribution in [0.3, 0.4) is 0 Å². The minimum atomic E-state index is -0.729. The molecule has 1 unspecified atom stereocenters. The summed E-state index contributed by atoms with van der Waals surface area (Å²) in [4.78, 5) is 17.8.